The van der Waals surface area contributed by atoms with Gasteiger partial charge in [0.15, 0.2) is 11.5 Å². The van der Waals surface area contributed by atoms with E-state index in [4.69, 9.17) is 9.15 Å². The largest absolute Gasteiger partial charge is 0.507 e. The van der Waals surface area contributed by atoms with Crippen molar-refractivity contribution in [3.63, 3.8) is 0 Å². The molecule has 1 aliphatic rings. The Bertz CT molecular complexity index is 1180. The fourth-order valence-electron chi connectivity index (χ4n) is 4.32. The average Bonchev–Trinajstić information content (AvgIpc) is 2.70. The topological polar surface area (TPSA) is 161 Å². The van der Waals surface area contributed by atoms with Crippen LogP contribution in [0.25, 0.3) is 21.9 Å². The van der Waals surface area contributed by atoms with Gasteiger partial charge in [-0.15, -0.1) is 0 Å². The minimum absolute atomic E-state index is 0.0332. The zero-order chi connectivity index (χ0) is 21.7. The fourth-order valence-corrected chi connectivity index (χ4v) is 4.32. The van der Waals surface area contributed by atoms with Crippen LogP contribution < -0.4 is 10.2 Å². The van der Waals surface area contributed by atoms with Crippen LogP contribution in [0.15, 0.2) is 27.4 Å². The van der Waals surface area contributed by atoms with Crippen LogP contribution in [0.4, 0.5) is 0 Å². The molecule has 4 rings (SSSR count). The number of phenols is 3. The molecule has 30 heavy (non-hydrogen) atoms. The molecule has 9 nitrogen and oxygen atoms in total. The molecule has 0 aliphatic heterocycles. The van der Waals surface area contributed by atoms with Crippen molar-refractivity contribution in [3.05, 3.63) is 34.0 Å². The molecule has 1 fully saturated rings. The molecule has 160 valence electrons. The third-order valence-corrected chi connectivity index (χ3v) is 5.85. The molecule has 1 heterocycles. The number of phenolic OH excluding ortho intramolecular Hbond substituents is 3. The van der Waals surface area contributed by atoms with Crippen LogP contribution in [0.3, 0.4) is 0 Å². The predicted molar refractivity (Wildman–Crippen MR) is 106 cm³/mol. The van der Waals surface area contributed by atoms with Gasteiger partial charge in [0, 0.05) is 30.2 Å². The highest BCUT2D eigenvalue weighted by Gasteiger charge is 2.39. The predicted octanol–water partition coefficient (Wildman–Crippen LogP) is 1.28. The molecule has 2 aromatic carbocycles. The van der Waals surface area contributed by atoms with E-state index in [2.05, 4.69) is 0 Å². The van der Waals surface area contributed by atoms with E-state index >= 15 is 0 Å². The van der Waals surface area contributed by atoms with Crippen LogP contribution in [0.2, 0.25) is 0 Å². The number of aliphatic hydroxyl groups is 3. The summed E-state index contributed by atoms with van der Waals surface area (Å²) in [6, 6.07) is 3.63. The minimum Gasteiger partial charge on any atom is -0.507 e. The van der Waals surface area contributed by atoms with E-state index in [9.17, 15) is 35.4 Å². The van der Waals surface area contributed by atoms with Gasteiger partial charge >= 0.3 is 0 Å². The number of methoxy groups -OCH3 is 1. The van der Waals surface area contributed by atoms with Gasteiger partial charge in [0.25, 0.3) is 0 Å². The van der Waals surface area contributed by atoms with Crippen LogP contribution in [0.1, 0.15) is 24.3 Å². The van der Waals surface area contributed by atoms with E-state index < -0.39 is 35.1 Å². The van der Waals surface area contributed by atoms with Crippen LogP contribution in [-0.2, 0) is 0 Å². The summed E-state index contributed by atoms with van der Waals surface area (Å²) in [5.74, 6) is -2.43. The Morgan fingerprint density at radius 3 is 2.43 bits per heavy atom. The highest BCUT2D eigenvalue weighted by Crippen LogP contribution is 2.46. The second kappa shape index (κ2) is 7.35. The maximum absolute atomic E-state index is 13.1. The third-order valence-electron chi connectivity index (χ3n) is 5.85. The maximum atomic E-state index is 13.1. The number of ether oxygens (including phenoxy) is 1. The van der Waals surface area contributed by atoms with Crippen molar-refractivity contribution in [2.45, 2.75) is 31.0 Å². The normalized spacial score (nSPS) is 24.4. The van der Waals surface area contributed by atoms with Crippen molar-refractivity contribution < 1.29 is 39.8 Å². The highest BCUT2D eigenvalue weighted by molar-refractivity contribution is 5.96. The molecule has 0 radical (unpaired) electrons. The first-order valence-corrected chi connectivity index (χ1v) is 9.46. The number of benzene rings is 2. The molecule has 0 saturated heterocycles. The number of rotatable bonds is 3. The summed E-state index contributed by atoms with van der Waals surface area (Å²) in [5.41, 5.74) is -0.788. The number of hydrogen-bond donors (Lipinski definition) is 6. The molecule has 0 bridgehead atoms. The molecule has 4 atom stereocenters. The van der Waals surface area contributed by atoms with E-state index in [-0.39, 0.29) is 64.4 Å². The lowest BCUT2D eigenvalue weighted by Crippen LogP contribution is -2.40. The SMILES string of the molecule is COc1cc2c(=O)c3c(O)c(C4C[C@H](CO)C[C@H](O)[C@H]4O)c(O)cc3oc2cc1O. The lowest BCUT2D eigenvalue weighted by atomic mass is 9.74. The second-order valence-corrected chi connectivity index (χ2v) is 7.67. The molecule has 0 spiro atoms. The van der Waals surface area contributed by atoms with Gasteiger partial charge < -0.3 is 39.8 Å². The summed E-state index contributed by atoms with van der Waals surface area (Å²) in [4.78, 5) is 13.1. The summed E-state index contributed by atoms with van der Waals surface area (Å²) in [7, 11) is 1.32. The van der Waals surface area contributed by atoms with Crippen molar-refractivity contribution in [2.75, 3.05) is 13.7 Å². The fraction of sp³-hybridized carbons (Fsp3) is 0.381. The van der Waals surface area contributed by atoms with Gasteiger partial charge in [-0.1, -0.05) is 0 Å². The Balaban J connectivity index is 1.98. The molecular formula is C21H22O9. The van der Waals surface area contributed by atoms with Crippen LogP contribution >= 0.6 is 0 Å². The standard InChI is InChI=1S/C21H22O9/c1-29-15-4-9-14(5-11(15)23)30-16-6-12(24)17(21(28)18(16)20(9)27)10-2-8(7-22)3-13(25)19(10)26/h4-6,8,10,13,19,22-26,28H,2-3,7H2,1H3/t8-,10?,13-,19-/m0/s1. The molecule has 6 N–H and O–H groups in total. The first-order valence-electron chi connectivity index (χ1n) is 9.46. The number of aromatic hydroxyl groups is 3. The lowest BCUT2D eigenvalue weighted by molar-refractivity contribution is -0.0479. The Hall–Kier alpha value is -3.01. The first kappa shape index (κ1) is 20.3. The van der Waals surface area contributed by atoms with Crippen molar-refractivity contribution in [1.82, 2.24) is 0 Å². The van der Waals surface area contributed by atoms with Gasteiger partial charge in [0.2, 0.25) is 5.43 Å². The highest BCUT2D eigenvalue weighted by atomic mass is 16.5. The first-order chi connectivity index (χ1) is 14.3. The summed E-state index contributed by atoms with van der Waals surface area (Å²) >= 11 is 0. The molecule has 1 aliphatic carbocycles. The summed E-state index contributed by atoms with van der Waals surface area (Å²) in [5, 5.41) is 61.3. The van der Waals surface area contributed by atoms with Gasteiger partial charge in [0.1, 0.15) is 28.1 Å². The molecule has 1 aromatic heterocycles. The zero-order valence-electron chi connectivity index (χ0n) is 16.1. The Morgan fingerprint density at radius 1 is 1.07 bits per heavy atom. The smallest absolute Gasteiger partial charge is 0.204 e. The molecule has 0 amide bonds. The third kappa shape index (κ3) is 3.02. The van der Waals surface area contributed by atoms with E-state index in [1.165, 1.54) is 19.2 Å². The molecule has 1 saturated carbocycles. The molecule has 1 unspecified atom stereocenters. The molecule has 3 aromatic rings. The van der Waals surface area contributed by atoms with Gasteiger partial charge in [-0.3, -0.25) is 4.79 Å². The van der Waals surface area contributed by atoms with Gasteiger partial charge in [-0.2, -0.15) is 0 Å². The Morgan fingerprint density at radius 2 is 1.77 bits per heavy atom. The summed E-state index contributed by atoms with van der Waals surface area (Å²) in [6.45, 7) is -0.231. The lowest BCUT2D eigenvalue weighted by Gasteiger charge is -2.36. The number of hydrogen-bond acceptors (Lipinski definition) is 9. The van der Waals surface area contributed by atoms with E-state index in [0.717, 1.165) is 6.07 Å². The monoisotopic (exact) mass is 418 g/mol. The van der Waals surface area contributed by atoms with E-state index in [1.54, 1.807) is 0 Å². The second-order valence-electron chi connectivity index (χ2n) is 7.67. The summed E-state index contributed by atoms with van der Waals surface area (Å²) in [6.07, 6.45) is -2.08. The Kier molecular flexibility index (Phi) is 4.97. The molecular weight excluding hydrogens is 396 g/mol. The van der Waals surface area contributed by atoms with Crippen molar-refractivity contribution in [1.29, 1.82) is 0 Å². The van der Waals surface area contributed by atoms with Crippen molar-refractivity contribution >= 4 is 21.9 Å². The molecule has 9 heteroatoms. The number of aliphatic hydroxyl groups excluding tert-OH is 3. The quantitative estimate of drug-likeness (QED) is 0.344. The van der Waals surface area contributed by atoms with Gasteiger partial charge in [-0.05, 0) is 24.8 Å². The summed E-state index contributed by atoms with van der Waals surface area (Å²) < 4.78 is 10.6. The van der Waals surface area contributed by atoms with Crippen molar-refractivity contribution in [2.24, 2.45) is 5.92 Å². The van der Waals surface area contributed by atoms with Crippen LogP contribution in [-0.4, -0.2) is 56.6 Å². The van der Waals surface area contributed by atoms with Crippen molar-refractivity contribution in [3.8, 4) is 23.0 Å². The van der Waals surface area contributed by atoms with E-state index in [0.29, 0.717) is 0 Å². The van der Waals surface area contributed by atoms with Gasteiger partial charge in [-0.25, -0.2) is 0 Å². The van der Waals surface area contributed by atoms with E-state index in [1.807, 2.05) is 0 Å². The van der Waals surface area contributed by atoms with Gasteiger partial charge in [0.05, 0.1) is 24.7 Å². The average molecular weight is 418 g/mol. The maximum Gasteiger partial charge on any atom is 0.204 e. The minimum atomic E-state index is -1.30. The van der Waals surface area contributed by atoms with Crippen LogP contribution in [0, 0.1) is 5.92 Å². The zero-order valence-corrected chi connectivity index (χ0v) is 16.1. The Labute approximate surface area is 170 Å². The number of fused-ring (bicyclic) bond motifs is 2. The van der Waals surface area contributed by atoms with Crippen LogP contribution in [0.5, 0.6) is 23.0 Å².